The molecule has 1 aromatic rings. The molecule has 0 fully saturated rings. The van der Waals surface area contributed by atoms with E-state index >= 15 is 0 Å². The van der Waals surface area contributed by atoms with E-state index in [1.165, 1.54) is 13.8 Å². The number of hydrogen-bond donors (Lipinski definition) is 1. The zero-order chi connectivity index (χ0) is 20.7. The van der Waals surface area contributed by atoms with Crippen LogP contribution in [-0.4, -0.2) is 37.5 Å². The Morgan fingerprint density at radius 1 is 1.00 bits per heavy atom. The summed E-state index contributed by atoms with van der Waals surface area (Å²) in [5, 5.41) is 2.47. The molecule has 1 N–H and O–H groups in total. The highest BCUT2D eigenvalue weighted by atomic mass is 19.2. The molecule has 10 heteroatoms. The second-order valence-corrected chi connectivity index (χ2v) is 5.16. The molecule has 1 aromatic carbocycles. The molecule has 0 spiro atoms. The zero-order valence-corrected chi connectivity index (χ0v) is 14.8. The van der Waals surface area contributed by atoms with Crippen LogP contribution in [0.2, 0.25) is 0 Å². The Kier molecular flexibility index (Phi) is 7.95. The Hall–Kier alpha value is -2.91. The summed E-state index contributed by atoms with van der Waals surface area (Å²) in [5.74, 6) is -11.1. The van der Waals surface area contributed by atoms with Gasteiger partial charge in [0, 0.05) is 25.2 Å². The maximum atomic E-state index is 14.0. The van der Waals surface area contributed by atoms with Gasteiger partial charge in [-0.25, -0.2) is 22.4 Å². The Morgan fingerprint density at radius 3 is 2.15 bits per heavy atom. The SMILES string of the molecule is CCOC(=O)C(=CNCCOC(C)=O)C(=O)c1c(C)c(F)c(F)c(F)c1F. The topological polar surface area (TPSA) is 81.7 Å². The number of carbonyl (C=O) groups excluding carboxylic acids is 3. The smallest absolute Gasteiger partial charge is 0.343 e. The standard InChI is InChI=1S/C17H17F4NO5/c1-4-26-17(25)10(7-22-5-6-27-9(3)23)16(24)11-8(2)12(18)14(20)15(21)13(11)19/h7,22H,4-6H2,1-3H3. The molecule has 0 aliphatic rings. The number of rotatable bonds is 8. The van der Waals surface area contributed by atoms with Crippen LogP contribution >= 0.6 is 0 Å². The third-order valence-electron chi connectivity index (χ3n) is 3.27. The molecule has 0 atom stereocenters. The van der Waals surface area contributed by atoms with Crippen molar-refractivity contribution in [1.29, 1.82) is 0 Å². The summed E-state index contributed by atoms with van der Waals surface area (Å²) in [4.78, 5) is 35.1. The monoisotopic (exact) mass is 391 g/mol. The average molecular weight is 391 g/mol. The van der Waals surface area contributed by atoms with Gasteiger partial charge in [-0.2, -0.15) is 0 Å². The minimum atomic E-state index is -2.17. The fourth-order valence-corrected chi connectivity index (χ4v) is 2.00. The lowest BCUT2D eigenvalue weighted by molar-refractivity contribution is -0.141. The molecular formula is C17H17F4NO5. The molecule has 0 aromatic heterocycles. The molecule has 0 aliphatic carbocycles. The van der Waals surface area contributed by atoms with Gasteiger partial charge in [0.2, 0.25) is 5.78 Å². The third-order valence-corrected chi connectivity index (χ3v) is 3.27. The summed E-state index contributed by atoms with van der Waals surface area (Å²) in [5.41, 5.74) is -2.70. The van der Waals surface area contributed by atoms with E-state index in [0.29, 0.717) is 0 Å². The molecular weight excluding hydrogens is 374 g/mol. The molecule has 0 radical (unpaired) electrons. The number of benzene rings is 1. The van der Waals surface area contributed by atoms with E-state index in [0.717, 1.165) is 13.1 Å². The van der Waals surface area contributed by atoms with Crippen molar-refractivity contribution in [3.8, 4) is 0 Å². The summed E-state index contributed by atoms with van der Waals surface area (Å²) >= 11 is 0. The van der Waals surface area contributed by atoms with E-state index in [1.54, 1.807) is 0 Å². The first-order valence-corrected chi connectivity index (χ1v) is 7.74. The van der Waals surface area contributed by atoms with Gasteiger partial charge in [-0.15, -0.1) is 0 Å². The van der Waals surface area contributed by atoms with Crippen molar-refractivity contribution >= 4 is 17.7 Å². The minimum Gasteiger partial charge on any atom is -0.464 e. The average Bonchev–Trinajstić information content (AvgIpc) is 2.61. The molecule has 0 amide bonds. The van der Waals surface area contributed by atoms with Crippen molar-refractivity contribution in [3.05, 3.63) is 46.2 Å². The van der Waals surface area contributed by atoms with Crippen LogP contribution < -0.4 is 5.32 Å². The van der Waals surface area contributed by atoms with E-state index in [9.17, 15) is 31.9 Å². The van der Waals surface area contributed by atoms with Crippen LogP contribution in [0.4, 0.5) is 17.6 Å². The highest BCUT2D eigenvalue weighted by Gasteiger charge is 2.31. The first-order chi connectivity index (χ1) is 12.6. The number of esters is 2. The molecule has 27 heavy (non-hydrogen) atoms. The molecule has 6 nitrogen and oxygen atoms in total. The summed E-state index contributed by atoms with van der Waals surface area (Å²) < 4.78 is 63.8. The summed E-state index contributed by atoms with van der Waals surface area (Å²) in [6.45, 7) is 3.21. The Morgan fingerprint density at radius 2 is 1.59 bits per heavy atom. The van der Waals surface area contributed by atoms with Crippen LogP contribution in [0.5, 0.6) is 0 Å². The van der Waals surface area contributed by atoms with Crippen LogP contribution in [0.1, 0.15) is 29.8 Å². The predicted octanol–water partition coefficient (Wildman–Crippen LogP) is 2.33. The normalized spacial score (nSPS) is 11.1. The number of nitrogens with one attached hydrogen (secondary N) is 1. The van der Waals surface area contributed by atoms with Gasteiger partial charge in [-0.1, -0.05) is 0 Å². The number of Topliss-reactive ketones (excluding diaryl/α,β-unsaturated/α-hetero) is 1. The molecule has 0 saturated carbocycles. The van der Waals surface area contributed by atoms with Gasteiger partial charge in [-0.05, 0) is 13.8 Å². The largest absolute Gasteiger partial charge is 0.464 e. The number of ether oxygens (including phenoxy) is 2. The summed E-state index contributed by atoms with van der Waals surface area (Å²) in [7, 11) is 0. The predicted molar refractivity (Wildman–Crippen MR) is 84.7 cm³/mol. The van der Waals surface area contributed by atoms with Crippen LogP contribution in [0.15, 0.2) is 11.8 Å². The highest BCUT2D eigenvalue weighted by molar-refractivity contribution is 6.24. The van der Waals surface area contributed by atoms with E-state index in [4.69, 9.17) is 0 Å². The molecule has 0 saturated heterocycles. The maximum Gasteiger partial charge on any atom is 0.343 e. The lowest BCUT2D eigenvalue weighted by atomic mass is 9.97. The zero-order valence-electron chi connectivity index (χ0n) is 14.8. The Balaban J connectivity index is 3.25. The van der Waals surface area contributed by atoms with Crippen molar-refractivity contribution in [2.45, 2.75) is 20.8 Å². The van der Waals surface area contributed by atoms with Crippen molar-refractivity contribution in [2.75, 3.05) is 19.8 Å². The molecule has 0 unspecified atom stereocenters. The van der Waals surface area contributed by atoms with Crippen LogP contribution in [0.25, 0.3) is 0 Å². The maximum absolute atomic E-state index is 14.0. The van der Waals surface area contributed by atoms with Gasteiger partial charge < -0.3 is 14.8 Å². The first-order valence-electron chi connectivity index (χ1n) is 7.74. The fourth-order valence-electron chi connectivity index (χ4n) is 2.00. The summed E-state index contributed by atoms with van der Waals surface area (Å²) in [6.07, 6.45) is 0.835. The van der Waals surface area contributed by atoms with Gasteiger partial charge in [-0.3, -0.25) is 9.59 Å². The van der Waals surface area contributed by atoms with Gasteiger partial charge >= 0.3 is 11.9 Å². The van der Waals surface area contributed by atoms with E-state index in [2.05, 4.69) is 14.8 Å². The van der Waals surface area contributed by atoms with Crippen molar-refractivity contribution < 1.29 is 41.4 Å². The van der Waals surface area contributed by atoms with Gasteiger partial charge in [0.15, 0.2) is 23.3 Å². The number of carbonyl (C=O) groups is 3. The number of hydrogen-bond acceptors (Lipinski definition) is 6. The lowest BCUT2D eigenvalue weighted by Gasteiger charge is -2.12. The number of halogens is 4. The highest BCUT2D eigenvalue weighted by Crippen LogP contribution is 2.26. The molecule has 0 aliphatic heterocycles. The second-order valence-electron chi connectivity index (χ2n) is 5.16. The van der Waals surface area contributed by atoms with E-state index in [-0.39, 0.29) is 19.8 Å². The van der Waals surface area contributed by atoms with Crippen molar-refractivity contribution in [1.82, 2.24) is 5.32 Å². The van der Waals surface area contributed by atoms with Gasteiger partial charge in [0.05, 0.1) is 12.2 Å². The minimum absolute atomic E-state index is 0.0244. The fraction of sp³-hybridized carbons (Fsp3) is 0.353. The lowest BCUT2D eigenvalue weighted by Crippen LogP contribution is -2.24. The Labute approximate surface area is 152 Å². The van der Waals surface area contributed by atoms with Crippen molar-refractivity contribution in [3.63, 3.8) is 0 Å². The first kappa shape index (κ1) is 22.1. The van der Waals surface area contributed by atoms with Gasteiger partial charge in [0.1, 0.15) is 12.2 Å². The second kappa shape index (κ2) is 9.70. The molecule has 1 rings (SSSR count). The van der Waals surface area contributed by atoms with Crippen LogP contribution in [0, 0.1) is 30.2 Å². The molecule has 148 valence electrons. The van der Waals surface area contributed by atoms with Gasteiger partial charge in [0.25, 0.3) is 0 Å². The molecule has 0 bridgehead atoms. The van der Waals surface area contributed by atoms with Crippen LogP contribution in [0.3, 0.4) is 0 Å². The van der Waals surface area contributed by atoms with E-state index < -0.39 is 57.7 Å². The third kappa shape index (κ3) is 5.28. The van der Waals surface area contributed by atoms with Crippen molar-refractivity contribution in [2.24, 2.45) is 0 Å². The number of ketones is 1. The van der Waals surface area contributed by atoms with Crippen LogP contribution in [-0.2, 0) is 19.1 Å². The summed E-state index contributed by atoms with van der Waals surface area (Å²) in [6, 6.07) is 0. The van der Waals surface area contributed by atoms with E-state index in [1.807, 2.05) is 0 Å². The Bertz CT molecular complexity index is 763. The molecule has 0 heterocycles. The quantitative estimate of drug-likeness (QED) is 0.0843.